The fourth-order valence-corrected chi connectivity index (χ4v) is 5.09. The number of phenols is 1. The molecule has 0 spiro atoms. The number of carboxylic acids is 1. The third kappa shape index (κ3) is 12.7. The van der Waals surface area contributed by atoms with Crippen LogP contribution in [0.2, 0.25) is 10.0 Å². The minimum Gasteiger partial charge on any atom is -0.505 e. The van der Waals surface area contributed by atoms with Crippen molar-refractivity contribution in [3.63, 3.8) is 0 Å². The van der Waals surface area contributed by atoms with Gasteiger partial charge in [0, 0.05) is 12.1 Å². The van der Waals surface area contributed by atoms with Crippen molar-refractivity contribution in [1.29, 1.82) is 0 Å². The number of carbonyl (C=O) groups is 5. The third-order valence-electron chi connectivity index (χ3n) is 7.15. The lowest BCUT2D eigenvalue weighted by molar-refractivity contribution is -0.137. The number of phenolic OH excluding ortho intramolecular Hbond substituents is 1. The van der Waals surface area contributed by atoms with Gasteiger partial charge in [-0.1, -0.05) is 81.2 Å². The highest BCUT2D eigenvalue weighted by molar-refractivity contribution is 6.37. The summed E-state index contributed by atoms with van der Waals surface area (Å²) in [6, 6.07) is 6.78. The molecule has 0 saturated heterocycles. The number of nitrogens with one attached hydrogen (secondary N) is 4. The number of aliphatic hydroxyl groups is 1. The van der Waals surface area contributed by atoms with Crippen LogP contribution in [0.5, 0.6) is 5.75 Å². The standard InChI is InChI=1S/C32H43Cl2N5O8/c1-16(2)12-24(38-31(46)26(17(3)4)39-29(44)22(35)10-11-25(40)41)30(45)37-23(13-18-8-6-5-7-9-18)28(43)32(47)36-19-14-20(33)27(42)21(34)15-19/h5-9,14-17,22-24,26,28,42-43H,10-13,35H2,1-4H3,(H,36,47)(H,37,45)(H,38,46)(H,39,44)(H,40,41)/t22-,23?,24-,26-,28+/m0/s1. The minimum absolute atomic E-state index is 0.0412. The van der Waals surface area contributed by atoms with Gasteiger partial charge < -0.3 is 42.3 Å². The summed E-state index contributed by atoms with van der Waals surface area (Å²) in [5.41, 5.74) is 6.62. The zero-order valence-corrected chi connectivity index (χ0v) is 28.1. The normalized spacial score (nSPS) is 14.4. The first kappa shape index (κ1) is 39.3. The van der Waals surface area contributed by atoms with Gasteiger partial charge in [0.15, 0.2) is 11.9 Å². The van der Waals surface area contributed by atoms with Gasteiger partial charge in [0.1, 0.15) is 12.1 Å². The van der Waals surface area contributed by atoms with Gasteiger partial charge >= 0.3 is 5.97 Å². The molecule has 0 aliphatic rings. The zero-order chi connectivity index (χ0) is 35.4. The molecule has 4 amide bonds. The summed E-state index contributed by atoms with van der Waals surface area (Å²) in [7, 11) is 0. The van der Waals surface area contributed by atoms with Gasteiger partial charge in [-0.25, -0.2) is 0 Å². The third-order valence-corrected chi connectivity index (χ3v) is 7.73. The largest absolute Gasteiger partial charge is 0.505 e. The molecular formula is C32H43Cl2N5O8. The minimum atomic E-state index is -1.78. The van der Waals surface area contributed by atoms with E-state index in [4.69, 9.17) is 34.0 Å². The number of hydrogen-bond acceptors (Lipinski definition) is 8. The summed E-state index contributed by atoms with van der Waals surface area (Å²) in [5, 5.41) is 40.0. The number of carboxylic acid groups (broad SMARTS) is 1. The van der Waals surface area contributed by atoms with Crippen molar-refractivity contribution in [2.24, 2.45) is 17.6 Å². The molecule has 0 bridgehead atoms. The Kier molecular flexibility index (Phi) is 15.4. The second-order valence-corrected chi connectivity index (χ2v) is 12.8. The topological polar surface area (TPSA) is 220 Å². The number of carbonyl (C=O) groups excluding carboxylic acids is 4. The van der Waals surface area contributed by atoms with Crippen molar-refractivity contribution in [3.8, 4) is 5.75 Å². The summed E-state index contributed by atoms with van der Waals surface area (Å²) in [4.78, 5) is 63.8. The monoisotopic (exact) mass is 695 g/mol. The number of aliphatic carboxylic acids is 1. The highest BCUT2D eigenvalue weighted by atomic mass is 35.5. The molecule has 1 unspecified atom stereocenters. The number of hydrogen-bond donors (Lipinski definition) is 8. The average Bonchev–Trinajstić information content (AvgIpc) is 2.99. The van der Waals surface area contributed by atoms with Crippen molar-refractivity contribution in [3.05, 3.63) is 58.1 Å². The van der Waals surface area contributed by atoms with Crippen LogP contribution in [-0.4, -0.2) is 75.2 Å². The SMILES string of the molecule is CC(C)C[C@H](NC(=O)[C@@H](NC(=O)[C@@H](N)CCC(=O)O)C(C)C)C(=O)NC(Cc1ccccc1)[C@@H](O)C(=O)Nc1cc(Cl)c(O)c(Cl)c1. The molecule has 258 valence electrons. The maximum Gasteiger partial charge on any atom is 0.303 e. The van der Waals surface area contributed by atoms with E-state index in [1.165, 1.54) is 12.1 Å². The Balaban J connectivity index is 2.28. The second kappa shape index (κ2) is 18.4. The number of amides is 4. The predicted molar refractivity (Wildman–Crippen MR) is 178 cm³/mol. The molecule has 0 aliphatic heterocycles. The molecule has 2 rings (SSSR count). The molecule has 0 saturated carbocycles. The number of anilines is 1. The Morgan fingerprint density at radius 2 is 1.45 bits per heavy atom. The van der Waals surface area contributed by atoms with E-state index < -0.39 is 65.8 Å². The Bertz CT molecular complexity index is 1390. The second-order valence-electron chi connectivity index (χ2n) is 12.0. The summed E-state index contributed by atoms with van der Waals surface area (Å²) < 4.78 is 0. The van der Waals surface area contributed by atoms with Crippen molar-refractivity contribution in [2.45, 2.75) is 83.6 Å². The Morgan fingerprint density at radius 3 is 1.98 bits per heavy atom. The van der Waals surface area contributed by atoms with E-state index in [0.717, 1.165) is 0 Å². The van der Waals surface area contributed by atoms with E-state index >= 15 is 0 Å². The number of aromatic hydroxyl groups is 1. The molecule has 0 radical (unpaired) electrons. The fourth-order valence-electron chi connectivity index (χ4n) is 4.60. The van der Waals surface area contributed by atoms with Crippen molar-refractivity contribution in [1.82, 2.24) is 16.0 Å². The van der Waals surface area contributed by atoms with Gasteiger partial charge in [0.25, 0.3) is 5.91 Å². The first-order valence-electron chi connectivity index (χ1n) is 15.1. The molecule has 0 heterocycles. The summed E-state index contributed by atoms with van der Waals surface area (Å²) in [6.45, 7) is 7.05. The number of nitrogens with two attached hydrogens (primary N) is 1. The van der Waals surface area contributed by atoms with Crippen molar-refractivity contribution >= 4 is 58.5 Å². The maximum absolute atomic E-state index is 13.7. The summed E-state index contributed by atoms with van der Waals surface area (Å²) >= 11 is 11.9. The predicted octanol–water partition coefficient (Wildman–Crippen LogP) is 2.59. The first-order valence-corrected chi connectivity index (χ1v) is 15.8. The van der Waals surface area contributed by atoms with E-state index in [-0.39, 0.29) is 53.1 Å². The van der Waals surface area contributed by atoms with Gasteiger partial charge in [0.2, 0.25) is 17.7 Å². The van der Waals surface area contributed by atoms with Crippen LogP contribution in [0, 0.1) is 11.8 Å². The molecule has 47 heavy (non-hydrogen) atoms. The maximum atomic E-state index is 13.7. The van der Waals surface area contributed by atoms with Gasteiger partial charge in [-0.3, -0.25) is 24.0 Å². The summed E-state index contributed by atoms with van der Waals surface area (Å²) in [6.07, 6.45) is -2.01. The molecule has 2 aromatic rings. The van der Waals surface area contributed by atoms with Gasteiger partial charge in [-0.05, 0) is 48.8 Å². The highest BCUT2D eigenvalue weighted by Crippen LogP contribution is 2.34. The Labute approximate surface area is 283 Å². The van der Waals surface area contributed by atoms with Gasteiger partial charge in [-0.15, -0.1) is 0 Å². The lowest BCUT2D eigenvalue weighted by Crippen LogP contribution is -2.59. The molecule has 15 heteroatoms. The fraction of sp³-hybridized carbons (Fsp3) is 0.469. The molecule has 13 nitrogen and oxygen atoms in total. The Hall–Kier alpha value is -3.91. The smallest absolute Gasteiger partial charge is 0.303 e. The van der Waals surface area contributed by atoms with E-state index in [1.807, 2.05) is 13.8 Å². The molecular weight excluding hydrogens is 653 g/mol. The molecule has 0 aliphatic carbocycles. The van der Waals surface area contributed by atoms with E-state index in [1.54, 1.807) is 44.2 Å². The van der Waals surface area contributed by atoms with Crippen LogP contribution in [0.1, 0.15) is 52.5 Å². The molecule has 9 N–H and O–H groups in total. The van der Waals surface area contributed by atoms with Crippen molar-refractivity contribution < 1.29 is 39.3 Å². The van der Waals surface area contributed by atoms with Crippen LogP contribution in [0.25, 0.3) is 0 Å². The number of benzene rings is 2. The molecule has 5 atom stereocenters. The van der Waals surface area contributed by atoms with Crippen LogP contribution in [0.4, 0.5) is 5.69 Å². The van der Waals surface area contributed by atoms with Gasteiger partial charge in [-0.2, -0.15) is 0 Å². The van der Waals surface area contributed by atoms with Crippen LogP contribution < -0.4 is 27.0 Å². The van der Waals surface area contributed by atoms with Crippen LogP contribution in [0.15, 0.2) is 42.5 Å². The quantitative estimate of drug-likeness (QED) is 0.114. The zero-order valence-electron chi connectivity index (χ0n) is 26.6. The molecule has 0 aromatic heterocycles. The lowest BCUT2D eigenvalue weighted by atomic mass is 9.97. The van der Waals surface area contributed by atoms with Crippen LogP contribution in [-0.2, 0) is 30.4 Å². The average molecular weight is 697 g/mol. The molecule has 2 aromatic carbocycles. The highest BCUT2D eigenvalue weighted by Gasteiger charge is 2.34. The number of aliphatic hydroxyl groups excluding tert-OH is 1. The summed E-state index contributed by atoms with van der Waals surface area (Å²) in [5.74, 6) is -4.94. The van der Waals surface area contributed by atoms with Crippen LogP contribution in [0.3, 0.4) is 0 Å². The Morgan fingerprint density at radius 1 is 0.851 bits per heavy atom. The molecule has 0 fully saturated rings. The van der Waals surface area contributed by atoms with Gasteiger partial charge in [0.05, 0.1) is 22.1 Å². The lowest BCUT2D eigenvalue weighted by Gasteiger charge is -2.29. The van der Waals surface area contributed by atoms with Crippen molar-refractivity contribution in [2.75, 3.05) is 5.32 Å². The van der Waals surface area contributed by atoms with E-state index in [0.29, 0.717) is 5.56 Å². The van der Waals surface area contributed by atoms with Crippen LogP contribution >= 0.6 is 23.2 Å². The number of halogens is 2. The first-order chi connectivity index (χ1) is 22.0. The van der Waals surface area contributed by atoms with E-state index in [9.17, 15) is 34.2 Å². The van der Waals surface area contributed by atoms with E-state index in [2.05, 4.69) is 21.3 Å². The number of rotatable bonds is 17.